The van der Waals surface area contributed by atoms with Crippen LogP contribution in [0.3, 0.4) is 0 Å². The summed E-state index contributed by atoms with van der Waals surface area (Å²) < 4.78 is 36.2. The van der Waals surface area contributed by atoms with E-state index >= 15 is 0 Å². The zero-order valence-electron chi connectivity index (χ0n) is 7.77. The average Bonchev–Trinajstić information content (AvgIpc) is 2.17. The number of hydrogen-bond donors (Lipinski definition) is 2. The van der Waals surface area contributed by atoms with Crippen molar-refractivity contribution in [2.24, 2.45) is 0 Å². The molecular formula is C9H10FNO3S. The second-order valence-electron chi connectivity index (χ2n) is 3.47. The molecule has 0 spiro atoms. The van der Waals surface area contributed by atoms with E-state index in [1.165, 1.54) is 6.07 Å². The number of nitrogens with one attached hydrogen (secondary N) is 1. The van der Waals surface area contributed by atoms with Crippen molar-refractivity contribution < 1.29 is 18.0 Å². The maximum Gasteiger partial charge on any atom is 0.178 e. The highest BCUT2D eigenvalue weighted by Crippen LogP contribution is 2.32. The second-order valence-corrected chi connectivity index (χ2v) is 5.55. The van der Waals surface area contributed by atoms with E-state index in [2.05, 4.69) is 0 Å². The van der Waals surface area contributed by atoms with Crippen molar-refractivity contribution >= 4 is 9.84 Å². The first kappa shape index (κ1) is 10.5. The Labute approximate surface area is 86.6 Å². The van der Waals surface area contributed by atoms with Crippen LogP contribution in [0.1, 0.15) is 18.0 Å². The fourth-order valence-corrected chi connectivity index (χ4v) is 3.35. The lowest BCUT2D eigenvalue weighted by Gasteiger charge is -2.23. The zero-order chi connectivity index (χ0) is 11.1. The van der Waals surface area contributed by atoms with Crippen LogP contribution in [-0.2, 0) is 9.84 Å². The summed E-state index contributed by atoms with van der Waals surface area (Å²) in [4.78, 5) is 0.0988. The number of fused-ring (bicyclic) bond motifs is 1. The molecule has 0 bridgehead atoms. The third kappa shape index (κ3) is 1.75. The monoisotopic (exact) mass is 231 g/mol. The van der Waals surface area contributed by atoms with E-state index in [0.717, 1.165) is 12.1 Å². The van der Waals surface area contributed by atoms with E-state index in [9.17, 15) is 12.8 Å². The lowest BCUT2D eigenvalue weighted by Crippen LogP contribution is -2.27. The van der Waals surface area contributed by atoms with Crippen molar-refractivity contribution in [1.29, 1.82) is 0 Å². The van der Waals surface area contributed by atoms with Gasteiger partial charge in [0.25, 0.3) is 0 Å². The van der Waals surface area contributed by atoms with E-state index in [1.807, 2.05) is 5.48 Å². The lowest BCUT2D eigenvalue weighted by molar-refractivity contribution is 0.122. The number of hydrogen-bond acceptors (Lipinski definition) is 4. The number of rotatable bonds is 1. The maximum absolute atomic E-state index is 13.0. The van der Waals surface area contributed by atoms with Gasteiger partial charge in [0.05, 0.1) is 16.7 Å². The molecule has 1 atom stereocenters. The van der Waals surface area contributed by atoms with Gasteiger partial charge in [-0.3, -0.25) is 0 Å². The summed E-state index contributed by atoms with van der Waals surface area (Å²) in [6.45, 7) is 0. The molecule has 0 aliphatic carbocycles. The summed E-state index contributed by atoms with van der Waals surface area (Å²) in [6.07, 6.45) is 0.245. The van der Waals surface area contributed by atoms with E-state index in [4.69, 9.17) is 5.21 Å². The minimum atomic E-state index is -3.32. The molecule has 1 aromatic carbocycles. The van der Waals surface area contributed by atoms with Gasteiger partial charge in [-0.2, -0.15) is 5.48 Å². The molecule has 1 unspecified atom stereocenters. The van der Waals surface area contributed by atoms with Crippen molar-refractivity contribution in [3.8, 4) is 0 Å². The highest BCUT2D eigenvalue weighted by atomic mass is 32.2. The highest BCUT2D eigenvalue weighted by molar-refractivity contribution is 7.91. The smallest absolute Gasteiger partial charge is 0.178 e. The van der Waals surface area contributed by atoms with E-state index in [1.54, 1.807) is 0 Å². The summed E-state index contributed by atoms with van der Waals surface area (Å²) in [5.41, 5.74) is 2.29. The SMILES string of the molecule is O=S1(=O)CCC(NO)c2cc(F)ccc21. The molecule has 0 amide bonds. The topological polar surface area (TPSA) is 66.4 Å². The molecule has 0 saturated carbocycles. The minimum Gasteiger partial charge on any atom is -0.316 e. The van der Waals surface area contributed by atoms with E-state index in [0.29, 0.717) is 5.56 Å². The fourth-order valence-electron chi connectivity index (χ4n) is 1.75. The second kappa shape index (κ2) is 3.55. The number of benzene rings is 1. The molecular weight excluding hydrogens is 221 g/mol. The van der Waals surface area contributed by atoms with Gasteiger partial charge in [0.2, 0.25) is 0 Å². The Morgan fingerprint density at radius 2 is 2.20 bits per heavy atom. The maximum atomic E-state index is 13.0. The number of halogens is 1. The Hall–Kier alpha value is -0.980. The Balaban J connectivity index is 2.64. The van der Waals surface area contributed by atoms with Gasteiger partial charge in [-0.25, -0.2) is 12.8 Å². The van der Waals surface area contributed by atoms with Crippen molar-refractivity contribution in [2.45, 2.75) is 17.4 Å². The normalized spacial score (nSPS) is 23.5. The molecule has 1 aromatic rings. The summed E-state index contributed by atoms with van der Waals surface area (Å²) in [5.74, 6) is -0.546. The quantitative estimate of drug-likeness (QED) is 0.559. The van der Waals surface area contributed by atoms with Gasteiger partial charge in [-0.1, -0.05) is 0 Å². The van der Waals surface area contributed by atoms with Crippen molar-refractivity contribution in [3.05, 3.63) is 29.6 Å². The largest absolute Gasteiger partial charge is 0.316 e. The molecule has 1 heterocycles. The van der Waals surface area contributed by atoms with Gasteiger partial charge in [0.1, 0.15) is 5.82 Å². The number of hydroxylamine groups is 1. The van der Waals surface area contributed by atoms with Crippen LogP contribution < -0.4 is 5.48 Å². The molecule has 6 heteroatoms. The molecule has 0 radical (unpaired) electrons. The molecule has 1 aliphatic heterocycles. The van der Waals surface area contributed by atoms with Gasteiger partial charge < -0.3 is 5.21 Å². The highest BCUT2D eigenvalue weighted by Gasteiger charge is 2.30. The standard InChI is InChI=1S/C9H10FNO3S/c10-6-1-2-9-7(5-6)8(11-12)3-4-15(9,13)14/h1-2,5,8,11-12H,3-4H2. The fraction of sp³-hybridized carbons (Fsp3) is 0.333. The Kier molecular flexibility index (Phi) is 2.49. The number of sulfone groups is 1. The van der Waals surface area contributed by atoms with Crippen molar-refractivity contribution in [3.63, 3.8) is 0 Å². The third-order valence-electron chi connectivity index (χ3n) is 2.51. The molecule has 1 aliphatic rings. The zero-order valence-corrected chi connectivity index (χ0v) is 8.59. The van der Waals surface area contributed by atoms with Gasteiger partial charge in [-0.15, -0.1) is 0 Å². The Bertz CT molecular complexity index is 486. The van der Waals surface area contributed by atoms with Crippen LogP contribution >= 0.6 is 0 Å². The molecule has 0 aromatic heterocycles. The summed E-state index contributed by atoms with van der Waals surface area (Å²) in [5, 5.41) is 8.83. The van der Waals surface area contributed by atoms with E-state index in [-0.39, 0.29) is 17.1 Å². The van der Waals surface area contributed by atoms with Crippen LogP contribution in [0.15, 0.2) is 23.1 Å². The molecule has 0 fully saturated rings. The molecule has 2 rings (SSSR count). The lowest BCUT2D eigenvalue weighted by atomic mass is 10.0. The summed E-state index contributed by atoms with van der Waals surface area (Å²) in [7, 11) is -3.32. The van der Waals surface area contributed by atoms with Crippen molar-refractivity contribution in [2.75, 3.05) is 5.75 Å². The summed E-state index contributed by atoms with van der Waals surface area (Å²) in [6, 6.07) is 2.97. The molecule has 82 valence electrons. The average molecular weight is 231 g/mol. The van der Waals surface area contributed by atoms with Crippen molar-refractivity contribution in [1.82, 2.24) is 5.48 Å². The Morgan fingerprint density at radius 3 is 2.87 bits per heavy atom. The van der Waals surface area contributed by atoms with Gasteiger partial charge in [0.15, 0.2) is 9.84 Å². The third-order valence-corrected chi connectivity index (χ3v) is 4.33. The molecule has 4 nitrogen and oxygen atoms in total. The molecule has 0 saturated heterocycles. The van der Waals surface area contributed by atoms with Crippen LogP contribution in [0.4, 0.5) is 4.39 Å². The first-order chi connectivity index (χ1) is 7.04. The van der Waals surface area contributed by atoms with E-state index < -0.39 is 21.7 Å². The van der Waals surface area contributed by atoms with Crippen LogP contribution in [0, 0.1) is 5.82 Å². The van der Waals surface area contributed by atoms with Crippen LogP contribution in [-0.4, -0.2) is 19.4 Å². The first-order valence-corrected chi connectivity index (χ1v) is 6.11. The Morgan fingerprint density at radius 1 is 1.47 bits per heavy atom. The van der Waals surface area contributed by atoms with Crippen LogP contribution in [0.2, 0.25) is 0 Å². The molecule has 15 heavy (non-hydrogen) atoms. The van der Waals surface area contributed by atoms with Crippen LogP contribution in [0.25, 0.3) is 0 Å². The van der Waals surface area contributed by atoms with Gasteiger partial charge in [0, 0.05) is 0 Å². The minimum absolute atomic E-state index is 0.0378. The predicted octanol–water partition coefficient (Wildman–Crippen LogP) is 1.02. The summed E-state index contributed by atoms with van der Waals surface area (Å²) >= 11 is 0. The predicted molar refractivity (Wildman–Crippen MR) is 50.7 cm³/mol. The van der Waals surface area contributed by atoms with Crippen LogP contribution in [0.5, 0.6) is 0 Å². The first-order valence-electron chi connectivity index (χ1n) is 4.46. The van der Waals surface area contributed by atoms with Gasteiger partial charge in [-0.05, 0) is 30.2 Å². The van der Waals surface area contributed by atoms with Gasteiger partial charge >= 0.3 is 0 Å². The molecule has 2 N–H and O–H groups in total.